The third kappa shape index (κ3) is 6.82. The van der Waals surface area contributed by atoms with E-state index in [9.17, 15) is 14.4 Å². The zero-order valence-electron chi connectivity index (χ0n) is 18.0. The van der Waals surface area contributed by atoms with Gasteiger partial charge in [-0.25, -0.2) is 4.79 Å². The molecule has 2 N–H and O–H groups in total. The van der Waals surface area contributed by atoms with Crippen molar-refractivity contribution in [3.8, 4) is 0 Å². The number of esters is 1. The van der Waals surface area contributed by atoms with E-state index in [-0.39, 0.29) is 36.3 Å². The lowest BCUT2D eigenvalue weighted by molar-refractivity contribution is -0.127. The van der Waals surface area contributed by atoms with Crippen LogP contribution in [0.25, 0.3) is 0 Å². The van der Waals surface area contributed by atoms with Crippen molar-refractivity contribution in [2.75, 3.05) is 31.6 Å². The van der Waals surface area contributed by atoms with E-state index in [0.717, 1.165) is 31.5 Å². The number of rotatable bonds is 8. The number of nitrogens with one attached hydrogen (secondary N) is 2. The summed E-state index contributed by atoms with van der Waals surface area (Å²) in [5.74, 6) is 0.0760. The van der Waals surface area contributed by atoms with Gasteiger partial charge in [0.05, 0.1) is 18.2 Å². The molecule has 1 saturated heterocycles. The van der Waals surface area contributed by atoms with Crippen LogP contribution in [0, 0.1) is 18.8 Å². The molecule has 2 rings (SSSR count). The first kappa shape index (κ1) is 23.3. The molecule has 2 amide bonds. The van der Waals surface area contributed by atoms with Gasteiger partial charge in [-0.05, 0) is 64.3 Å². The van der Waals surface area contributed by atoms with Crippen LogP contribution < -0.4 is 10.6 Å². The summed E-state index contributed by atoms with van der Waals surface area (Å²) in [6.07, 6.45) is 1.52. The van der Waals surface area contributed by atoms with Gasteiger partial charge in [0.1, 0.15) is 4.88 Å². The molecule has 0 bridgehead atoms. The lowest BCUT2D eigenvalue weighted by Gasteiger charge is -2.31. The van der Waals surface area contributed by atoms with Crippen LogP contribution in [0.15, 0.2) is 6.07 Å². The summed E-state index contributed by atoms with van der Waals surface area (Å²) >= 11 is 1.23. The molecule has 8 heteroatoms. The third-order valence-corrected chi connectivity index (χ3v) is 6.47. The van der Waals surface area contributed by atoms with Crippen LogP contribution in [0.5, 0.6) is 0 Å². The van der Waals surface area contributed by atoms with E-state index >= 15 is 0 Å². The molecule has 0 aromatic carbocycles. The van der Waals surface area contributed by atoms with Crippen molar-refractivity contribution in [1.82, 2.24) is 10.2 Å². The van der Waals surface area contributed by atoms with Crippen LogP contribution >= 0.6 is 11.3 Å². The van der Waals surface area contributed by atoms with Crippen LogP contribution in [0.2, 0.25) is 0 Å². The molecule has 1 aliphatic heterocycles. The third-order valence-electron chi connectivity index (χ3n) is 5.34. The number of thiophene rings is 1. The second-order valence-corrected chi connectivity index (χ2v) is 9.04. The topological polar surface area (TPSA) is 87.7 Å². The van der Waals surface area contributed by atoms with E-state index in [4.69, 9.17) is 4.74 Å². The molecule has 7 nitrogen and oxygen atoms in total. The van der Waals surface area contributed by atoms with Crippen LogP contribution in [0.4, 0.5) is 5.00 Å². The fourth-order valence-corrected chi connectivity index (χ4v) is 4.17. The second kappa shape index (κ2) is 10.7. The summed E-state index contributed by atoms with van der Waals surface area (Å²) in [6, 6.07) is 1.96. The Balaban J connectivity index is 1.79. The molecule has 0 radical (unpaired) electrons. The molecular formula is C21H33N3O4S. The number of amides is 2. The van der Waals surface area contributed by atoms with Gasteiger partial charge in [0.25, 0.3) is 0 Å². The predicted molar refractivity (Wildman–Crippen MR) is 115 cm³/mol. The number of piperidine rings is 1. The smallest absolute Gasteiger partial charge is 0.348 e. The first-order valence-corrected chi connectivity index (χ1v) is 11.1. The summed E-state index contributed by atoms with van der Waals surface area (Å²) in [5.41, 5.74) is 0.797. The minimum Gasteiger partial charge on any atom is -0.462 e. The van der Waals surface area contributed by atoms with Gasteiger partial charge in [0, 0.05) is 12.0 Å². The average molecular weight is 424 g/mol. The Hall–Kier alpha value is -1.93. The first-order valence-electron chi connectivity index (χ1n) is 10.3. The highest BCUT2D eigenvalue weighted by atomic mass is 32.1. The quantitative estimate of drug-likeness (QED) is 0.628. The highest BCUT2D eigenvalue weighted by Crippen LogP contribution is 2.27. The Labute approximate surface area is 177 Å². The molecule has 1 aromatic rings. The van der Waals surface area contributed by atoms with E-state index in [1.807, 2.05) is 13.8 Å². The van der Waals surface area contributed by atoms with Gasteiger partial charge >= 0.3 is 5.97 Å². The number of hydrogen-bond donors (Lipinski definition) is 2. The molecule has 29 heavy (non-hydrogen) atoms. The van der Waals surface area contributed by atoms with Crippen molar-refractivity contribution in [1.29, 1.82) is 0 Å². The molecule has 1 aliphatic rings. The number of carbonyl (C=O) groups is 3. The average Bonchev–Trinajstić information content (AvgIpc) is 3.02. The molecule has 1 aromatic heterocycles. The van der Waals surface area contributed by atoms with Crippen LogP contribution in [-0.2, 0) is 14.3 Å². The Morgan fingerprint density at radius 3 is 2.48 bits per heavy atom. The minimum atomic E-state index is -0.359. The summed E-state index contributed by atoms with van der Waals surface area (Å²) in [5, 5.41) is 6.61. The van der Waals surface area contributed by atoms with Crippen molar-refractivity contribution < 1.29 is 19.1 Å². The number of nitrogens with zero attached hydrogens (tertiary/aromatic N) is 1. The maximum Gasteiger partial charge on any atom is 0.348 e. The van der Waals surface area contributed by atoms with Crippen LogP contribution in [-0.4, -0.2) is 55.0 Å². The zero-order chi connectivity index (χ0) is 21.6. The predicted octanol–water partition coefficient (Wildman–Crippen LogP) is 3.04. The monoisotopic (exact) mass is 423 g/mol. The molecular weight excluding hydrogens is 390 g/mol. The molecule has 1 unspecified atom stereocenters. The van der Waals surface area contributed by atoms with Gasteiger partial charge in [0.15, 0.2) is 0 Å². The van der Waals surface area contributed by atoms with Crippen molar-refractivity contribution in [2.24, 2.45) is 11.8 Å². The molecule has 0 saturated carbocycles. The van der Waals surface area contributed by atoms with E-state index in [2.05, 4.69) is 29.4 Å². The van der Waals surface area contributed by atoms with Crippen LogP contribution in [0.1, 0.15) is 55.8 Å². The Morgan fingerprint density at radius 2 is 1.90 bits per heavy atom. The molecule has 0 aliphatic carbocycles. The first-order chi connectivity index (χ1) is 13.7. The normalized spacial score (nSPS) is 16.5. The van der Waals surface area contributed by atoms with Crippen LogP contribution in [0.3, 0.4) is 0 Å². The molecule has 162 valence electrons. The fraction of sp³-hybridized carbons (Fsp3) is 0.667. The molecule has 1 fully saturated rings. The Bertz CT molecular complexity index is 724. The van der Waals surface area contributed by atoms with Crippen molar-refractivity contribution in [2.45, 2.75) is 53.5 Å². The van der Waals surface area contributed by atoms with Gasteiger partial charge in [-0.3, -0.25) is 14.5 Å². The van der Waals surface area contributed by atoms with Gasteiger partial charge in [-0.2, -0.15) is 0 Å². The fourth-order valence-electron chi connectivity index (χ4n) is 3.19. The van der Waals surface area contributed by atoms with E-state index in [1.165, 1.54) is 11.3 Å². The van der Waals surface area contributed by atoms with E-state index < -0.39 is 0 Å². The van der Waals surface area contributed by atoms with Gasteiger partial charge < -0.3 is 15.4 Å². The van der Waals surface area contributed by atoms with Crippen molar-refractivity contribution in [3.05, 3.63) is 16.5 Å². The maximum absolute atomic E-state index is 12.4. The van der Waals surface area contributed by atoms with Crippen molar-refractivity contribution in [3.63, 3.8) is 0 Å². The summed E-state index contributed by atoms with van der Waals surface area (Å²) in [6.45, 7) is 11.9. The standard InChI is InChI=1S/C21H33N3O4S/c1-6-28-21(27)19-14(4)11-18(29-19)23-17(25)12-24-9-7-16(8-10-24)20(26)22-15(5)13(2)3/h11,13,15-16H,6-10,12H2,1-5H3,(H,22,26)(H,23,25). The summed E-state index contributed by atoms with van der Waals surface area (Å²) in [4.78, 5) is 39.3. The van der Waals surface area contributed by atoms with E-state index in [1.54, 1.807) is 13.0 Å². The number of hydrogen-bond acceptors (Lipinski definition) is 6. The van der Waals surface area contributed by atoms with Gasteiger partial charge in [-0.1, -0.05) is 13.8 Å². The number of likely N-dealkylation sites (tertiary alicyclic amines) is 1. The minimum absolute atomic E-state index is 0.0163. The SMILES string of the molecule is CCOC(=O)c1sc(NC(=O)CN2CCC(C(=O)NC(C)C(C)C)CC2)cc1C. The Morgan fingerprint density at radius 1 is 1.24 bits per heavy atom. The number of anilines is 1. The molecule has 2 heterocycles. The van der Waals surface area contributed by atoms with Gasteiger partial charge in [0.2, 0.25) is 11.8 Å². The molecule has 1 atom stereocenters. The lowest BCUT2D eigenvalue weighted by Crippen LogP contribution is -2.45. The highest BCUT2D eigenvalue weighted by Gasteiger charge is 2.27. The maximum atomic E-state index is 12.4. The summed E-state index contributed by atoms with van der Waals surface area (Å²) in [7, 11) is 0. The second-order valence-electron chi connectivity index (χ2n) is 7.98. The summed E-state index contributed by atoms with van der Waals surface area (Å²) < 4.78 is 5.03. The largest absolute Gasteiger partial charge is 0.462 e. The Kier molecular flexibility index (Phi) is 8.64. The van der Waals surface area contributed by atoms with Gasteiger partial charge in [-0.15, -0.1) is 11.3 Å². The number of aryl methyl sites for hydroxylation is 1. The highest BCUT2D eigenvalue weighted by molar-refractivity contribution is 7.18. The zero-order valence-corrected chi connectivity index (χ0v) is 18.9. The number of ether oxygens (including phenoxy) is 1. The number of carbonyl (C=O) groups excluding carboxylic acids is 3. The lowest BCUT2D eigenvalue weighted by atomic mass is 9.95. The van der Waals surface area contributed by atoms with Crippen molar-refractivity contribution >= 4 is 34.1 Å². The molecule has 0 spiro atoms. The van der Waals surface area contributed by atoms with E-state index in [0.29, 0.717) is 22.4 Å².